The maximum Gasteiger partial charge on any atom is 0.265 e. The quantitative estimate of drug-likeness (QED) is 0.724. The lowest BCUT2D eigenvalue weighted by molar-refractivity contribution is -0.121. The van der Waals surface area contributed by atoms with E-state index in [-0.39, 0.29) is 18.4 Å². The van der Waals surface area contributed by atoms with Crippen LogP contribution in [0.2, 0.25) is 0 Å². The first-order valence-electron chi connectivity index (χ1n) is 9.95. The van der Waals surface area contributed by atoms with E-state index in [4.69, 9.17) is 4.74 Å². The molecule has 5 nitrogen and oxygen atoms in total. The van der Waals surface area contributed by atoms with Crippen molar-refractivity contribution in [1.82, 2.24) is 4.90 Å². The van der Waals surface area contributed by atoms with Gasteiger partial charge in [0.25, 0.3) is 11.8 Å². The zero-order chi connectivity index (χ0) is 20.1. The number of hydrogen-bond donors (Lipinski definition) is 0. The highest BCUT2D eigenvalue weighted by molar-refractivity contribution is 5.98. The summed E-state index contributed by atoms with van der Waals surface area (Å²) in [5.74, 6) is 0.737. The topological polar surface area (TPSA) is 49.9 Å². The molecule has 0 saturated heterocycles. The summed E-state index contributed by atoms with van der Waals surface area (Å²) in [5, 5.41) is 0. The Bertz CT molecular complexity index is 839. The van der Waals surface area contributed by atoms with E-state index in [0.717, 1.165) is 48.5 Å². The van der Waals surface area contributed by atoms with E-state index in [1.807, 2.05) is 54.3 Å². The van der Waals surface area contributed by atoms with Gasteiger partial charge in [-0.25, -0.2) is 0 Å². The van der Waals surface area contributed by atoms with E-state index in [1.165, 1.54) is 0 Å². The summed E-state index contributed by atoms with van der Waals surface area (Å²) in [4.78, 5) is 28.8. The van der Waals surface area contributed by atoms with Crippen molar-refractivity contribution < 1.29 is 14.3 Å². The Labute approximate surface area is 166 Å². The predicted octanol–water partition coefficient (Wildman–Crippen LogP) is 4.18. The van der Waals surface area contributed by atoms with Crippen LogP contribution in [0, 0.1) is 6.92 Å². The summed E-state index contributed by atoms with van der Waals surface area (Å²) in [6.07, 6.45) is 1.89. The molecule has 0 aliphatic carbocycles. The smallest absolute Gasteiger partial charge is 0.265 e. The van der Waals surface area contributed by atoms with Gasteiger partial charge in [-0.2, -0.15) is 0 Å². The van der Waals surface area contributed by atoms with Gasteiger partial charge in [0.2, 0.25) is 0 Å². The molecule has 28 heavy (non-hydrogen) atoms. The van der Waals surface area contributed by atoms with Crippen LogP contribution in [-0.2, 0) is 11.3 Å². The van der Waals surface area contributed by atoms with E-state index in [0.29, 0.717) is 12.1 Å². The maximum atomic E-state index is 12.7. The number of carbonyl (C=O) groups is 2. The fraction of sp³-hybridized carbons (Fsp3) is 0.391. The molecule has 1 aliphatic heterocycles. The number of rotatable bonds is 7. The van der Waals surface area contributed by atoms with Crippen molar-refractivity contribution >= 4 is 17.5 Å². The Kier molecular flexibility index (Phi) is 6.34. The van der Waals surface area contributed by atoms with Crippen molar-refractivity contribution in [3.05, 3.63) is 59.2 Å². The number of fused-ring (bicyclic) bond motifs is 1. The third kappa shape index (κ3) is 4.35. The first kappa shape index (κ1) is 19.9. The van der Waals surface area contributed by atoms with E-state index in [1.54, 1.807) is 4.90 Å². The zero-order valence-corrected chi connectivity index (χ0v) is 16.9. The van der Waals surface area contributed by atoms with E-state index in [9.17, 15) is 9.59 Å². The van der Waals surface area contributed by atoms with Crippen molar-refractivity contribution in [2.45, 2.75) is 40.2 Å². The Morgan fingerprint density at radius 3 is 2.39 bits per heavy atom. The summed E-state index contributed by atoms with van der Waals surface area (Å²) in [7, 11) is 0. The standard InChI is InChI=1S/C23H28N2O3/c1-4-12-24(13-5-2)23(27)19-9-7-18(8-10-19)15-25-20-14-17(3)6-11-21(20)28-16-22(25)26/h6-11,14H,4-5,12-13,15-16H2,1-3H3. The fourth-order valence-electron chi connectivity index (χ4n) is 3.46. The summed E-state index contributed by atoms with van der Waals surface area (Å²) < 4.78 is 5.54. The molecule has 148 valence electrons. The minimum Gasteiger partial charge on any atom is -0.482 e. The minimum atomic E-state index is -0.0599. The van der Waals surface area contributed by atoms with E-state index < -0.39 is 0 Å². The van der Waals surface area contributed by atoms with Crippen molar-refractivity contribution in [3.8, 4) is 5.75 Å². The number of anilines is 1. The lowest BCUT2D eigenvalue weighted by Gasteiger charge is -2.30. The summed E-state index contributed by atoms with van der Waals surface area (Å²) in [6.45, 7) is 8.21. The molecule has 2 amide bonds. The molecule has 0 spiro atoms. The normalized spacial score (nSPS) is 13.1. The molecule has 0 bridgehead atoms. The van der Waals surface area contributed by atoms with Crippen molar-refractivity contribution in [2.75, 3.05) is 24.6 Å². The number of nitrogens with zero attached hydrogens (tertiary/aromatic N) is 2. The van der Waals surface area contributed by atoms with Gasteiger partial charge in [-0.3, -0.25) is 9.59 Å². The van der Waals surface area contributed by atoms with Crippen molar-refractivity contribution in [1.29, 1.82) is 0 Å². The third-order valence-electron chi connectivity index (χ3n) is 4.87. The summed E-state index contributed by atoms with van der Waals surface area (Å²) in [5.41, 5.74) is 3.55. The predicted molar refractivity (Wildman–Crippen MR) is 111 cm³/mol. The maximum absolute atomic E-state index is 12.7. The lowest BCUT2D eigenvalue weighted by Crippen LogP contribution is -2.38. The van der Waals surface area contributed by atoms with Crippen LogP contribution >= 0.6 is 0 Å². The number of hydrogen-bond acceptors (Lipinski definition) is 3. The number of aryl methyl sites for hydroxylation is 1. The number of carbonyl (C=O) groups excluding carboxylic acids is 2. The zero-order valence-electron chi connectivity index (χ0n) is 16.9. The molecule has 0 radical (unpaired) electrons. The molecule has 0 unspecified atom stereocenters. The summed E-state index contributed by atoms with van der Waals surface area (Å²) in [6, 6.07) is 13.4. The van der Waals surface area contributed by atoms with Crippen LogP contribution in [0.4, 0.5) is 5.69 Å². The molecule has 0 N–H and O–H groups in total. The molecule has 2 aromatic rings. The summed E-state index contributed by atoms with van der Waals surface area (Å²) >= 11 is 0. The van der Waals surface area contributed by atoms with Crippen LogP contribution in [0.15, 0.2) is 42.5 Å². The van der Waals surface area contributed by atoms with Gasteiger partial charge >= 0.3 is 0 Å². The van der Waals surface area contributed by atoms with Gasteiger partial charge in [0, 0.05) is 18.7 Å². The van der Waals surface area contributed by atoms with Gasteiger partial charge in [0.05, 0.1) is 12.2 Å². The molecule has 1 heterocycles. The second kappa shape index (κ2) is 8.91. The average Bonchev–Trinajstić information content (AvgIpc) is 2.70. The molecule has 0 saturated carbocycles. The molecular formula is C23H28N2O3. The molecule has 5 heteroatoms. The van der Waals surface area contributed by atoms with Crippen LogP contribution < -0.4 is 9.64 Å². The molecule has 2 aromatic carbocycles. The highest BCUT2D eigenvalue weighted by atomic mass is 16.5. The van der Waals surface area contributed by atoms with E-state index >= 15 is 0 Å². The Morgan fingerprint density at radius 1 is 1.07 bits per heavy atom. The van der Waals surface area contributed by atoms with Gasteiger partial charge < -0.3 is 14.5 Å². The molecule has 1 aliphatic rings. The van der Waals surface area contributed by atoms with Crippen LogP contribution in [0.25, 0.3) is 0 Å². The van der Waals surface area contributed by atoms with Crippen molar-refractivity contribution in [2.24, 2.45) is 0 Å². The lowest BCUT2D eigenvalue weighted by atomic mass is 10.1. The fourth-order valence-corrected chi connectivity index (χ4v) is 3.46. The molecule has 0 atom stereocenters. The van der Waals surface area contributed by atoms with Crippen LogP contribution in [-0.4, -0.2) is 36.4 Å². The van der Waals surface area contributed by atoms with Gasteiger partial charge in [0.1, 0.15) is 5.75 Å². The van der Waals surface area contributed by atoms with Gasteiger partial charge in [0.15, 0.2) is 6.61 Å². The third-order valence-corrected chi connectivity index (χ3v) is 4.87. The molecule has 0 aromatic heterocycles. The second-order valence-corrected chi connectivity index (χ2v) is 7.23. The minimum absolute atomic E-state index is 0.0512. The first-order chi connectivity index (χ1) is 13.5. The Balaban J connectivity index is 1.77. The number of amides is 2. The Hall–Kier alpha value is -2.82. The van der Waals surface area contributed by atoms with Gasteiger partial charge in [-0.1, -0.05) is 32.0 Å². The van der Waals surface area contributed by atoms with Crippen LogP contribution in [0.5, 0.6) is 5.75 Å². The second-order valence-electron chi connectivity index (χ2n) is 7.23. The van der Waals surface area contributed by atoms with Gasteiger partial charge in [-0.15, -0.1) is 0 Å². The molecule has 3 rings (SSSR count). The highest BCUT2D eigenvalue weighted by Crippen LogP contribution is 2.33. The van der Waals surface area contributed by atoms with Crippen LogP contribution in [0.1, 0.15) is 48.2 Å². The monoisotopic (exact) mass is 380 g/mol. The SMILES string of the molecule is CCCN(CCC)C(=O)c1ccc(CN2C(=O)COc3ccc(C)cc32)cc1. The van der Waals surface area contributed by atoms with E-state index in [2.05, 4.69) is 13.8 Å². The number of ether oxygens (including phenoxy) is 1. The Morgan fingerprint density at radius 2 is 1.75 bits per heavy atom. The number of benzene rings is 2. The largest absolute Gasteiger partial charge is 0.482 e. The molecular weight excluding hydrogens is 352 g/mol. The first-order valence-corrected chi connectivity index (χ1v) is 9.95. The highest BCUT2D eigenvalue weighted by Gasteiger charge is 2.25. The van der Waals surface area contributed by atoms with Crippen LogP contribution in [0.3, 0.4) is 0 Å². The molecule has 0 fully saturated rings. The van der Waals surface area contributed by atoms with Gasteiger partial charge in [-0.05, 0) is 55.2 Å². The average molecular weight is 380 g/mol. The van der Waals surface area contributed by atoms with Crippen molar-refractivity contribution in [3.63, 3.8) is 0 Å².